The lowest BCUT2D eigenvalue weighted by molar-refractivity contribution is 0.620. The molecular formula is C44H32N2O. The number of allylic oxidation sites excluding steroid dienone is 5. The summed E-state index contributed by atoms with van der Waals surface area (Å²) in [6, 6.07) is 49.2. The van der Waals surface area contributed by atoms with Crippen molar-refractivity contribution in [2.75, 3.05) is 4.90 Å². The molecule has 0 atom stereocenters. The molecule has 8 rings (SSSR count). The maximum absolute atomic E-state index is 6.18. The molecule has 0 radical (unpaired) electrons. The summed E-state index contributed by atoms with van der Waals surface area (Å²) in [5, 5.41) is 7.13. The highest BCUT2D eigenvalue weighted by atomic mass is 16.3. The van der Waals surface area contributed by atoms with E-state index in [9.17, 15) is 0 Å². The van der Waals surface area contributed by atoms with Crippen molar-refractivity contribution in [2.24, 2.45) is 0 Å². The zero-order chi connectivity index (χ0) is 31.7. The first-order valence-electron chi connectivity index (χ1n) is 15.8. The molecule has 1 aromatic heterocycles. The molecule has 0 bridgehead atoms. The standard InChI is InChI=1S/C44H32N2O/c1-3-4-7-13-30(2)46(35-17-10-6-11-18-35)36-19-12-16-33(28-36)34-21-20-31-22-23-37-38-26-27-42-43(40(38)25-24-39(37)41(31)29-34)45-44(47-42)32-14-8-5-9-15-32/h3-29H,1H2,2H3/b7-4-,30-13+. The first kappa shape index (κ1) is 28.3. The van der Waals surface area contributed by atoms with Crippen molar-refractivity contribution in [3.63, 3.8) is 0 Å². The Balaban J connectivity index is 1.24. The number of para-hydroxylation sites is 1. The lowest BCUT2D eigenvalue weighted by Gasteiger charge is -2.26. The van der Waals surface area contributed by atoms with E-state index in [-0.39, 0.29) is 0 Å². The highest BCUT2D eigenvalue weighted by Crippen LogP contribution is 2.38. The van der Waals surface area contributed by atoms with Crippen LogP contribution in [-0.2, 0) is 0 Å². The number of oxazole rings is 1. The summed E-state index contributed by atoms with van der Waals surface area (Å²) in [5.41, 5.74) is 8.32. The largest absolute Gasteiger partial charge is 0.436 e. The van der Waals surface area contributed by atoms with Crippen molar-refractivity contribution in [3.8, 4) is 22.6 Å². The highest BCUT2D eigenvalue weighted by Gasteiger charge is 2.15. The fraction of sp³-hybridized carbons (Fsp3) is 0.0227. The van der Waals surface area contributed by atoms with Gasteiger partial charge in [0.2, 0.25) is 5.89 Å². The fourth-order valence-corrected chi connectivity index (χ4v) is 6.53. The molecule has 3 nitrogen and oxygen atoms in total. The molecule has 0 aliphatic rings. The number of rotatable bonds is 7. The number of benzene rings is 7. The van der Waals surface area contributed by atoms with Gasteiger partial charge in [0, 0.05) is 28.0 Å². The van der Waals surface area contributed by atoms with Crippen LogP contribution in [0.3, 0.4) is 0 Å². The average Bonchev–Trinajstić information content (AvgIpc) is 3.57. The van der Waals surface area contributed by atoms with Gasteiger partial charge in [0.25, 0.3) is 0 Å². The van der Waals surface area contributed by atoms with Gasteiger partial charge in [-0.25, -0.2) is 4.98 Å². The summed E-state index contributed by atoms with van der Waals surface area (Å²) < 4.78 is 6.18. The number of hydrogen-bond donors (Lipinski definition) is 0. The molecule has 7 aromatic carbocycles. The van der Waals surface area contributed by atoms with E-state index in [1.54, 1.807) is 6.08 Å². The number of nitrogens with zero attached hydrogens (tertiary/aromatic N) is 2. The summed E-state index contributed by atoms with van der Waals surface area (Å²) in [4.78, 5) is 7.21. The van der Waals surface area contributed by atoms with E-state index in [4.69, 9.17) is 9.40 Å². The minimum Gasteiger partial charge on any atom is -0.436 e. The van der Waals surface area contributed by atoms with E-state index >= 15 is 0 Å². The normalized spacial score (nSPS) is 12.1. The van der Waals surface area contributed by atoms with Gasteiger partial charge in [-0.1, -0.05) is 110 Å². The van der Waals surface area contributed by atoms with E-state index in [1.165, 1.54) is 32.5 Å². The number of anilines is 2. The maximum atomic E-state index is 6.18. The number of aromatic nitrogens is 1. The Hall–Kier alpha value is -6.19. The monoisotopic (exact) mass is 604 g/mol. The lowest BCUT2D eigenvalue weighted by Crippen LogP contribution is -2.14. The van der Waals surface area contributed by atoms with Crippen molar-refractivity contribution >= 4 is 54.8 Å². The molecule has 0 amide bonds. The van der Waals surface area contributed by atoms with Crippen LogP contribution in [0.2, 0.25) is 0 Å². The molecular weight excluding hydrogens is 572 g/mol. The first-order chi connectivity index (χ1) is 23.2. The second-order valence-electron chi connectivity index (χ2n) is 11.7. The molecule has 0 N–H and O–H groups in total. The van der Waals surface area contributed by atoms with Crippen LogP contribution >= 0.6 is 0 Å². The third kappa shape index (κ3) is 5.18. The van der Waals surface area contributed by atoms with Crippen LogP contribution < -0.4 is 4.90 Å². The summed E-state index contributed by atoms with van der Waals surface area (Å²) in [6.07, 6.45) is 7.88. The van der Waals surface area contributed by atoms with Crippen molar-refractivity contribution in [2.45, 2.75) is 6.92 Å². The predicted molar refractivity (Wildman–Crippen MR) is 199 cm³/mol. The predicted octanol–water partition coefficient (Wildman–Crippen LogP) is 12.4. The van der Waals surface area contributed by atoms with Gasteiger partial charge < -0.3 is 9.32 Å². The molecule has 0 aliphatic heterocycles. The van der Waals surface area contributed by atoms with Crippen LogP contribution in [0.25, 0.3) is 66.0 Å². The topological polar surface area (TPSA) is 29.3 Å². The van der Waals surface area contributed by atoms with E-state index in [1.807, 2.05) is 54.6 Å². The van der Waals surface area contributed by atoms with Crippen LogP contribution in [-0.4, -0.2) is 4.98 Å². The quantitative estimate of drug-likeness (QED) is 0.134. The van der Waals surface area contributed by atoms with Gasteiger partial charge in [-0.05, 0) is 106 Å². The Morgan fingerprint density at radius 3 is 2.06 bits per heavy atom. The second kappa shape index (κ2) is 12.0. The van der Waals surface area contributed by atoms with E-state index in [0.717, 1.165) is 44.7 Å². The molecule has 0 unspecified atom stereocenters. The third-order valence-electron chi connectivity index (χ3n) is 8.78. The van der Waals surface area contributed by atoms with Gasteiger partial charge in [-0.15, -0.1) is 0 Å². The minimum atomic E-state index is 0.642. The zero-order valence-corrected chi connectivity index (χ0v) is 26.1. The smallest absolute Gasteiger partial charge is 0.227 e. The first-order valence-corrected chi connectivity index (χ1v) is 15.8. The van der Waals surface area contributed by atoms with E-state index < -0.39 is 0 Å². The Morgan fingerprint density at radius 2 is 1.23 bits per heavy atom. The van der Waals surface area contributed by atoms with Crippen LogP contribution in [0.1, 0.15) is 6.92 Å². The molecule has 0 fully saturated rings. The van der Waals surface area contributed by atoms with Crippen LogP contribution in [0.5, 0.6) is 0 Å². The van der Waals surface area contributed by atoms with E-state index in [2.05, 4.69) is 122 Å². The molecule has 8 aromatic rings. The molecule has 3 heteroatoms. The van der Waals surface area contributed by atoms with Crippen molar-refractivity contribution in [1.29, 1.82) is 0 Å². The van der Waals surface area contributed by atoms with E-state index in [0.29, 0.717) is 5.89 Å². The Bertz CT molecular complexity index is 2490. The average molecular weight is 605 g/mol. The maximum Gasteiger partial charge on any atom is 0.227 e. The second-order valence-corrected chi connectivity index (χ2v) is 11.7. The zero-order valence-electron chi connectivity index (χ0n) is 26.1. The van der Waals surface area contributed by atoms with Gasteiger partial charge in [-0.3, -0.25) is 0 Å². The van der Waals surface area contributed by atoms with Crippen LogP contribution in [0, 0.1) is 0 Å². The van der Waals surface area contributed by atoms with Gasteiger partial charge in [0.05, 0.1) is 0 Å². The fourth-order valence-electron chi connectivity index (χ4n) is 6.53. The van der Waals surface area contributed by atoms with Crippen molar-refractivity contribution in [3.05, 3.63) is 176 Å². The van der Waals surface area contributed by atoms with Gasteiger partial charge in [0.1, 0.15) is 5.52 Å². The third-order valence-corrected chi connectivity index (χ3v) is 8.78. The lowest BCUT2D eigenvalue weighted by atomic mass is 9.94. The molecule has 0 saturated carbocycles. The molecule has 47 heavy (non-hydrogen) atoms. The van der Waals surface area contributed by atoms with Gasteiger partial charge in [-0.2, -0.15) is 0 Å². The summed E-state index contributed by atoms with van der Waals surface area (Å²) in [5.74, 6) is 0.642. The highest BCUT2D eigenvalue weighted by molar-refractivity contribution is 6.21. The number of hydrogen-bond acceptors (Lipinski definition) is 3. The summed E-state index contributed by atoms with van der Waals surface area (Å²) in [7, 11) is 0. The molecule has 1 heterocycles. The van der Waals surface area contributed by atoms with Gasteiger partial charge in [0.15, 0.2) is 5.58 Å². The Kier molecular flexibility index (Phi) is 7.20. The molecule has 0 aliphatic carbocycles. The number of fused-ring (bicyclic) bond motifs is 7. The van der Waals surface area contributed by atoms with Crippen molar-refractivity contribution < 1.29 is 4.42 Å². The molecule has 224 valence electrons. The van der Waals surface area contributed by atoms with Crippen LogP contribution in [0.4, 0.5) is 11.4 Å². The SMILES string of the molecule is C=C/C=C\C=C(/C)N(c1ccccc1)c1cccc(-c2ccc3ccc4c(ccc5c4ccc4oc(-c6ccccc6)nc45)c3c2)c1. The van der Waals surface area contributed by atoms with Gasteiger partial charge >= 0.3 is 0 Å². The minimum absolute atomic E-state index is 0.642. The van der Waals surface area contributed by atoms with Crippen LogP contribution in [0.15, 0.2) is 181 Å². The molecule has 0 spiro atoms. The molecule has 0 saturated heterocycles. The van der Waals surface area contributed by atoms with Crippen molar-refractivity contribution in [1.82, 2.24) is 4.98 Å². The summed E-state index contributed by atoms with van der Waals surface area (Å²) in [6.45, 7) is 5.94. The Labute approximate surface area is 274 Å². The Morgan fingerprint density at radius 1 is 0.596 bits per heavy atom. The summed E-state index contributed by atoms with van der Waals surface area (Å²) >= 11 is 0.